The minimum Gasteiger partial charge on any atom is -0.316 e. The van der Waals surface area contributed by atoms with Crippen LogP contribution in [0, 0.1) is 0 Å². The van der Waals surface area contributed by atoms with E-state index in [1.807, 2.05) is 6.07 Å². The topological polar surface area (TPSA) is 40.2 Å². The highest BCUT2D eigenvalue weighted by molar-refractivity contribution is 5.24. The number of H-pyrrole nitrogens is 1. The number of nitrogens with zero attached hydrogens (tertiary/aromatic N) is 1. The van der Waals surface area contributed by atoms with E-state index in [9.17, 15) is 0 Å². The third-order valence-corrected chi connectivity index (χ3v) is 4.53. The number of pyridine rings is 1. The van der Waals surface area contributed by atoms with Gasteiger partial charge in [-0.3, -0.25) is 5.73 Å². The molecule has 1 saturated heterocycles. The van der Waals surface area contributed by atoms with E-state index in [1.165, 1.54) is 30.5 Å². The highest BCUT2D eigenvalue weighted by Gasteiger charge is 2.39. The van der Waals surface area contributed by atoms with Gasteiger partial charge in [0, 0.05) is 30.0 Å². The Morgan fingerprint density at radius 2 is 2.00 bits per heavy atom. The van der Waals surface area contributed by atoms with Crippen LogP contribution in [0.2, 0.25) is 0 Å². The minimum atomic E-state index is 0.562. The molecular weight excluding hydrogens is 246 g/mol. The molecule has 1 aromatic carbocycles. The summed E-state index contributed by atoms with van der Waals surface area (Å²) in [5.74, 6) is 0.726. The van der Waals surface area contributed by atoms with Crippen LogP contribution < -0.4 is 10.7 Å². The maximum atomic E-state index is 5.76. The van der Waals surface area contributed by atoms with E-state index >= 15 is 0 Å². The predicted octanol–water partition coefficient (Wildman–Crippen LogP) is 2.56. The highest BCUT2D eigenvalue weighted by Crippen LogP contribution is 2.38. The molecular formula is C17H23N3+2. The van der Waals surface area contributed by atoms with E-state index in [-0.39, 0.29) is 0 Å². The largest absolute Gasteiger partial charge is 0.316 e. The number of nitrogens with one attached hydrogen (secondary N) is 1. The lowest BCUT2D eigenvalue weighted by molar-refractivity contribution is -0.939. The number of nitrogen functional groups attached to an aromatic ring is 1. The molecule has 0 aliphatic carbocycles. The van der Waals surface area contributed by atoms with Crippen LogP contribution in [0.4, 0.5) is 5.82 Å². The molecule has 3 heteroatoms. The average Bonchev–Trinajstić information content (AvgIpc) is 2.82. The molecule has 1 fully saturated rings. The minimum absolute atomic E-state index is 0.562. The molecule has 1 aliphatic heterocycles. The van der Waals surface area contributed by atoms with Crippen LogP contribution in [-0.2, 0) is 6.54 Å². The maximum Gasteiger partial charge on any atom is 0.270 e. The predicted molar refractivity (Wildman–Crippen MR) is 80.6 cm³/mol. The van der Waals surface area contributed by atoms with Gasteiger partial charge in [-0.2, -0.15) is 0 Å². The Morgan fingerprint density at radius 1 is 1.20 bits per heavy atom. The van der Waals surface area contributed by atoms with Gasteiger partial charge in [0.2, 0.25) is 0 Å². The van der Waals surface area contributed by atoms with Gasteiger partial charge < -0.3 is 4.48 Å². The van der Waals surface area contributed by atoms with Gasteiger partial charge in [-0.05, 0) is 6.07 Å². The van der Waals surface area contributed by atoms with Crippen LogP contribution in [0.3, 0.4) is 0 Å². The Morgan fingerprint density at radius 3 is 2.70 bits per heavy atom. The number of likely N-dealkylation sites (tertiary alicyclic amines) is 1. The summed E-state index contributed by atoms with van der Waals surface area (Å²) in [6, 6.07) is 15.5. The first-order valence-corrected chi connectivity index (χ1v) is 7.33. The maximum absolute atomic E-state index is 5.76. The van der Waals surface area contributed by atoms with Gasteiger partial charge in [-0.15, -0.1) is 0 Å². The fourth-order valence-corrected chi connectivity index (χ4v) is 3.49. The van der Waals surface area contributed by atoms with E-state index in [1.54, 1.807) is 0 Å². The summed E-state index contributed by atoms with van der Waals surface area (Å²) in [4.78, 5) is 3.15. The van der Waals surface area contributed by atoms with Crippen molar-refractivity contribution in [1.29, 1.82) is 0 Å². The third-order valence-electron chi connectivity index (χ3n) is 4.53. The first kappa shape index (κ1) is 13.1. The van der Waals surface area contributed by atoms with Crippen LogP contribution in [0.25, 0.3) is 0 Å². The summed E-state index contributed by atoms with van der Waals surface area (Å²) >= 11 is 0. The van der Waals surface area contributed by atoms with Gasteiger partial charge in [0.25, 0.3) is 5.82 Å². The molecule has 20 heavy (non-hydrogen) atoms. The lowest BCUT2D eigenvalue weighted by Gasteiger charge is -2.36. The van der Waals surface area contributed by atoms with Gasteiger partial charge in [-0.1, -0.05) is 30.3 Å². The van der Waals surface area contributed by atoms with E-state index in [0.29, 0.717) is 6.04 Å². The highest BCUT2D eigenvalue weighted by atomic mass is 15.4. The first-order chi connectivity index (χ1) is 9.67. The Balaban J connectivity index is 1.85. The van der Waals surface area contributed by atoms with E-state index in [4.69, 9.17) is 5.73 Å². The number of rotatable bonds is 3. The molecule has 1 aromatic heterocycles. The molecule has 1 aliphatic rings. The van der Waals surface area contributed by atoms with Crippen molar-refractivity contribution >= 4 is 5.82 Å². The quantitative estimate of drug-likeness (QED) is 0.855. The fourth-order valence-electron chi connectivity index (χ4n) is 3.49. The van der Waals surface area contributed by atoms with Crippen molar-refractivity contribution in [3.05, 3.63) is 59.8 Å². The molecule has 0 bridgehead atoms. The number of nitrogens with two attached hydrogens (primary N) is 1. The number of aromatic nitrogens is 1. The van der Waals surface area contributed by atoms with Crippen molar-refractivity contribution in [2.24, 2.45) is 0 Å². The number of quaternary nitrogens is 1. The van der Waals surface area contributed by atoms with Gasteiger partial charge in [0.15, 0.2) is 0 Å². The summed E-state index contributed by atoms with van der Waals surface area (Å²) in [6.07, 6.45) is 4.62. The number of anilines is 1. The molecule has 3 N–H and O–H groups in total. The van der Waals surface area contributed by atoms with Crippen molar-refractivity contribution in [3.63, 3.8) is 0 Å². The van der Waals surface area contributed by atoms with Crippen molar-refractivity contribution in [1.82, 2.24) is 0 Å². The van der Waals surface area contributed by atoms with Crippen LogP contribution in [-0.4, -0.2) is 18.1 Å². The van der Waals surface area contributed by atoms with E-state index in [0.717, 1.165) is 16.8 Å². The zero-order valence-electron chi connectivity index (χ0n) is 12.0. The van der Waals surface area contributed by atoms with Crippen molar-refractivity contribution in [2.45, 2.75) is 25.4 Å². The number of hydrogen-bond acceptors (Lipinski definition) is 1. The molecule has 0 amide bonds. The lowest BCUT2D eigenvalue weighted by atomic mass is 10.0. The molecule has 0 saturated carbocycles. The lowest BCUT2D eigenvalue weighted by Crippen LogP contribution is -2.42. The number of aromatic amines is 1. The van der Waals surface area contributed by atoms with Crippen molar-refractivity contribution < 1.29 is 9.47 Å². The molecule has 0 radical (unpaired) electrons. The zero-order chi connectivity index (χ0) is 14.0. The Kier molecular flexibility index (Phi) is 3.45. The smallest absolute Gasteiger partial charge is 0.270 e. The van der Waals surface area contributed by atoms with Crippen LogP contribution >= 0.6 is 0 Å². The molecule has 2 atom stereocenters. The van der Waals surface area contributed by atoms with Crippen molar-refractivity contribution in [2.75, 3.05) is 19.3 Å². The second kappa shape index (κ2) is 5.25. The van der Waals surface area contributed by atoms with Gasteiger partial charge in [0.05, 0.1) is 19.8 Å². The Bertz CT molecular complexity index is 565. The standard InChI is InChI=1S/C17H22N3/c1-20(13-14-6-3-2-4-7-14)11-5-8-16(20)15-9-10-17(18)19-12-15/h2-4,6-7,9-10,12,16H,5,8,11,13H2,1H3,(H2,18,19)/q+1/p+1/t16-,20?/m0/s1. The molecule has 3 nitrogen and oxygen atoms in total. The monoisotopic (exact) mass is 269 g/mol. The third kappa shape index (κ3) is 2.54. The van der Waals surface area contributed by atoms with Crippen LogP contribution in [0.1, 0.15) is 30.0 Å². The van der Waals surface area contributed by atoms with Crippen molar-refractivity contribution in [3.8, 4) is 0 Å². The Hall–Kier alpha value is -1.87. The Labute approximate surface area is 120 Å². The molecule has 3 rings (SSSR count). The average molecular weight is 269 g/mol. The second-order valence-corrected chi connectivity index (χ2v) is 6.08. The van der Waals surface area contributed by atoms with Gasteiger partial charge in [0.1, 0.15) is 12.6 Å². The van der Waals surface area contributed by atoms with Crippen LogP contribution in [0.15, 0.2) is 48.7 Å². The summed E-state index contributed by atoms with van der Waals surface area (Å²) in [7, 11) is 2.38. The van der Waals surface area contributed by atoms with E-state index in [2.05, 4.69) is 54.6 Å². The normalized spacial score (nSPS) is 25.8. The first-order valence-electron chi connectivity index (χ1n) is 7.33. The van der Waals surface area contributed by atoms with Crippen LogP contribution in [0.5, 0.6) is 0 Å². The molecule has 0 spiro atoms. The second-order valence-electron chi connectivity index (χ2n) is 6.08. The molecule has 104 valence electrons. The zero-order valence-corrected chi connectivity index (χ0v) is 12.0. The molecule has 1 unspecified atom stereocenters. The summed E-state index contributed by atoms with van der Waals surface area (Å²) < 4.78 is 1.09. The van der Waals surface area contributed by atoms with E-state index < -0.39 is 0 Å². The number of benzene rings is 1. The van der Waals surface area contributed by atoms with Gasteiger partial charge >= 0.3 is 0 Å². The number of hydrogen-bond donors (Lipinski definition) is 1. The molecule has 2 heterocycles. The summed E-state index contributed by atoms with van der Waals surface area (Å²) in [6.45, 7) is 2.33. The van der Waals surface area contributed by atoms with Gasteiger partial charge in [-0.25, -0.2) is 4.98 Å². The summed E-state index contributed by atoms with van der Waals surface area (Å²) in [5.41, 5.74) is 8.54. The summed E-state index contributed by atoms with van der Waals surface area (Å²) in [5, 5.41) is 0. The fraction of sp³-hybridized carbons (Fsp3) is 0.353. The molecule has 2 aromatic rings. The SMILES string of the molecule is C[N+]1(Cc2ccccc2)CCC[C@H]1c1ccc(N)[nH+]c1.